The minimum Gasteiger partial charge on any atom is -0.493 e. The van der Waals surface area contributed by atoms with Crippen molar-refractivity contribution in [1.82, 2.24) is 15.3 Å². The average molecular weight is 460 g/mol. The zero-order valence-corrected chi connectivity index (χ0v) is 18.9. The number of amides is 2. The third-order valence-electron chi connectivity index (χ3n) is 4.65. The number of imide groups is 1. The molecule has 2 aromatic heterocycles. The molecule has 9 nitrogen and oxygen atoms in total. The molecule has 34 heavy (non-hydrogen) atoms. The number of ether oxygens (including phenoxy) is 3. The number of rotatable bonds is 7. The van der Waals surface area contributed by atoms with Crippen LogP contribution in [0.4, 0.5) is 5.82 Å². The molecule has 2 aromatic carbocycles. The Morgan fingerprint density at radius 1 is 0.912 bits per heavy atom. The fourth-order valence-electron chi connectivity index (χ4n) is 2.98. The number of carbonyl (C=O) groups is 2. The summed E-state index contributed by atoms with van der Waals surface area (Å²) in [5.41, 5.74) is 1.25. The topological polar surface area (TPSA) is 112 Å². The van der Waals surface area contributed by atoms with Crippen LogP contribution in [0.25, 0.3) is 10.9 Å². The SMILES string of the molecule is CNc1ccc(Oc2ccnc3cc(OC)c(OC)cc23)cn1.O=CNC(=O)c1ccccc1. The smallest absolute Gasteiger partial charge is 0.257 e. The van der Waals surface area contributed by atoms with Crippen molar-refractivity contribution in [2.45, 2.75) is 0 Å². The molecule has 9 heteroatoms. The quantitative estimate of drug-likeness (QED) is 0.397. The van der Waals surface area contributed by atoms with E-state index in [1.165, 1.54) is 0 Å². The third-order valence-corrected chi connectivity index (χ3v) is 4.65. The standard InChI is InChI=1S/C17H17N3O3.C8H7NO2/c1-18-17-5-4-11(10-20-17)23-14-6-7-19-13-9-16(22-3)15(21-2)8-12(13)14;10-6-9-8(11)7-4-2-1-3-5-7/h4-10H,1-3H3,(H,18,20);1-6H,(H,9,10,11). The van der Waals surface area contributed by atoms with Gasteiger partial charge in [-0.3, -0.25) is 19.9 Å². The van der Waals surface area contributed by atoms with Gasteiger partial charge in [-0.2, -0.15) is 0 Å². The molecule has 0 aliphatic heterocycles. The zero-order chi connectivity index (χ0) is 24.3. The molecule has 0 aliphatic rings. The Bertz CT molecular complexity index is 1250. The summed E-state index contributed by atoms with van der Waals surface area (Å²) in [7, 11) is 5.01. The number of benzene rings is 2. The highest BCUT2D eigenvalue weighted by atomic mass is 16.5. The molecule has 2 N–H and O–H groups in total. The first kappa shape index (κ1) is 24.0. The number of nitrogens with one attached hydrogen (secondary N) is 2. The third kappa shape index (κ3) is 5.98. The van der Waals surface area contributed by atoms with Crippen molar-refractivity contribution in [3.63, 3.8) is 0 Å². The predicted molar refractivity (Wildman–Crippen MR) is 129 cm³/mol. The summed E-state index contributed by atoms with van der Waals surface area (Å²) >= 11 is 0. The van der Waals surface area contributed by atoms with Gasteiger partial charge in [0.2, 0.25) is 6.41 Å². The number of aromatic nitrogens is 2. The van der Waals surface area contributed by atoms with Crippen LogP contribution < -0.4 is 24.8 Å². The van der Waals surface area contributed by atoms with E-state index < -0.39 is 0 Å². The average Bonchev–Trinajstić information content (AvgIpc) is 2.89. The van der Waals surface area contributed by atoms with Crippen molar-refractivity contribution < 1.29 is 23.8 Å². The van der Waals surface area contributed by atoms with Crippen LogP contribution in [0.2, 0.25) is 0 Å². The number of fused-ring (bicyclic) bond motifs is 1. The Labute approximate surface area is 196 Å². The van der Waals surface area contributed by atoms with Gasteiger partial charge in [0.15, 0.2) is 11.5 Å². The maximum Gasteiger partial charge on any atom is 0.257 e. The lowest BCUT2D eigenvalue weighted by molar-refractivity contribution is -0.108. The van der Waals surface area contributed by atoms with Crippen molar-refractivity contribution in [2.75, 3.05) is 26.6 Å². The van der Waals surface area contributed by atoms with Gasteiger partial charge in [0, 0.05) is 30.3 Å². The summed E-state index contributed by atoms with van der Waals surface area (Å²) < 4.78 is 16.6. The van der Waals surface area contributed by atoms with Gasteiger partial charge >= 0.3 is 0 Å². The second kappa shape index (κ2) is 11.8. The number of anilines is 1. The molecular formula is C25H24N4O5. The van der Waals surface area contributed by atoms with E-state index in [1.807, 2.05) is 36.6 Å². The van der Waals surface area contributed by atoms with Gasteiger partial charge < -0.3 is 19.5 Å². The zero-order valence-electron chi connectivity index (χ0n) is 18.9. The molecule has 4 rings (SSSR count). The normalized spacial score (nSPS) is 9.85. The Morgan fingerprint density at radius 3 is 2.26 bits per heavy atom. The minimum atomic E-state index is -0.374. The molecule has 2 heterocycles. The fraction of sp³-hybridized carbons (Fsp3) is 0.120. The van der Waals surface area contributed by atoms with Crippen LogP contribution in [0.5, 0.6) is 23.0 Å². The van der Waals surface area contributed by atoms with Crippen molar-refractivity contribution in [3.05, 3.63) is 78.6 Å². The summed E-state index contributed by atoms with van der Waals surface area (Å²) in [6.07, 6.45) is 3.73. The van der Waals surface area contributed by atoms with E-state index in [0.29, 0.717) is 35.0 Å². The van der Waals surface area contributed by atoms with Crippen molar-refractivity contribution >= 4 is 29.0 Å². The van der Waals surface area contributed by atoms with Crippen molar-refractivity contribution in [3.8, 4) is 23.0 Å². The molecule has 0 bridgehead atoms. The van der Waals surface area contributed by atoms with E-state index in [9.17, 15) is 9.59 Å². The van der Waals surface area contributed by atoms with Crippen LogP contribution in [0.15, 0.2) is 73.1 Å². The van der Waals surface area contributed by atoms with Crippen LogP contribution >= 0.6 is 0 Å². The van der Waals surface area contributed by atoms with Crippen LogP contribution in [0, 0.1) is 0 Å². The van der Waals surface area contributed by atoms with Crippen molar-refractivity contribution in [2.24, 2.45) is 0 Å². The number of methoxy groups -OCH3 is 2. The van der Waals surface area contributed by atoms with Crippen LogP contribution in [0.3, 0.4) is 0 Å². The van der Waals surface area contributed by atoms with Crippen molar-refractivity contribution in [1.29, 1.82) is 0 Å². The van der Waals surface area contributed by atoms with Crippen LogP contribution in [0.1, 0.15) is 10.4 Å². The molecule has 0 atom stereocenters. The first-order chi connectivity index (χ1) is 16.6. The van der Waals surface area contributed by atoms with E-state index in [2.05, 4.69) is 15.3 Å². The van der Waals surface area contributed by atoms with E-state index in [0.717, 1.165) is 16.7 Å². The largest absolute Gasteiger partial charge is 0.493 e. The molecular weight excluding hydrogens is 436 g/mol. The molecule has 0 fully saturated rings. The number of pyridine rings is 2. The van der Waals surface area contributed by atoms with Crippen LogP contribution in [-0.2, 0) is 4.79 Å². The van der Waals surface area contributed by atoms with Crippen LogP contribution in [-0.4, -0.2) is 43.6 Å². The monoisotopic (exact) mass is 460 g/mol. The Hall–Kier alpha value is -4.66. The molecule has 0 unspecified atom stereocenters. The van der Waals surface area contributed by atoms with Gasteiger partial charge in [-0.1, -0.05) is 18.2 Å². The first-order valence-corrected chi connectivity index (χ1v) is 10.2. The highest BCUT2D eigenvalue weighted by molar-refractivity contribution is 5.99. The first-order valence-electron chi connectivity index (χ1n) is 10.2. The molecule has 4 aromatic rings. The molecule has 0 saturated carbocycles. The minimum absolute atomic E-state index is 0.370. The van der Waals surface area contributed by atoms with E-state index in [-0.39, 0.29) is 5.91 Å². The lowest BCUT2D eigenvalue weighted by atomic mass is 10.2. The highest BCUT2D eigenvalue weighted by Crippen LogP contribution is 2.36. The van der Waals surface area contributed by atoms with Gasteiger partial charge in [-0.25, -0.2) is 4.98 Å². The summed E-state index contributed by atoms with van der Waals surface area (Å²) in [5.74, 6) is 2.98. The maximum atomic E-state index is 10.9. The number of hydrogen-bond acceptors (Lipinski definition) is 8. The van der Waals surface area contributed by atoms with Gasteiger partial charge in [0.25, 0.3) is 5.91 Å². The Morgan fingerprint density at radius 2 is 1.65 bits per heavy atom. The molecule has 0 saturated heterocycles. The maximum absolute atomic E-state index is 10.9. The van der Waals surface area contributed by atoms with E-state index in [4.69, 9.17) is 14.2 Å². The molecule has 0 spiro atoms. The number of carbonyl (C=O) groups excluding carboxylic acids is 2. The van der Waals surface area contributed by atoms with Gasteiger partial charge in [-0.05, 0) is 36.4 Å². The predicted octanol–water partition coefficient (Wildman–Crippen LogP) is 4.05. The summed E-state index contributed by atoms with van der Waals surface area (Å²) in [5, 5.41) is 5.85. The second-order valence-corrected chi connectivity index (χ2v) is 6.72. The Kier molecular flexibility index (Phi) is 8.34. The van der Waals surface area contributed by atoms with Gasteiger partial charge in [0.05, 0.1) is 25.9 Å². The van der Waals surface area contributed by atoms with Gasteiger partial charge in [0.1, 0.15) is 17.3 Å². The van der Waals surface area contributed by atoms with E-state index >= 15 is 0 Å². The summed E-state index contributed by atoms with van der Waals surface area (Å²) in [6, 6.07) is 17.7. The Balaban J connectivity index is 0.000000248. The molecule has 2 amide bonds. The lowest BCUT2D eigenvalue weighted by Gasteiger charge is -2.12. The molecule has 0 radical (unpaired) electrons. The molecule has 174 valence electrons. The second-order valence-electron chi connectivity index (χ2n) is 6.72. The fourth-order valence-corrected chi connectivity index (χ4v) is 2.98. The van der Waals surface area contributed by atoms with E-state index in [1.54, 1.807) is 63.0 Å². The summed E-state index contributed by atoms with van der Waals surface area (Å²) in [4.78, 5) is 29.4. The number of nitrogens with zero attached hydrogens (tertiary/aromatic N) is 2. The molecule has 0 aliphatic carbocycles. The lowest BCUT2D eigenvalue weighted by Crippen LogP contribution is -2.20. The highest BCUT2D eigenvalue weighted by Gasteiger charge is 2.11. The van der Waals surface area contributed by atoms with Gasteiger partial charge in [-0.15, -0.1) is 0 Å². The number of hydrogen-bond donors (Lipinski definition) is 2. The summed E-state index contributed by atoms with van der Waals surface area (Å²) in [6.45, 7) is 0.